The van der Waals surface area contributed by atoms with Crippen LogP contribution in [-0.4, -0.2) is 32.3 Å². The number of amides is 1. The Hall–Kier alpha value is -3.74. The van der Waals surface area contributed by atoms with Crippen LogP contribution < -0.4 is 5.73 Å². The summed E-state index contributed by atoms with van der Waals surface area (Å²) in [5.74, 6) is -0.0815. The molecular weight excluding hydrogens is 405 g/mol. The molecule has 1 fully saturated rings. The van der Waals surface area contributed by atoms with E-state index in [9.17, 15) is 9.18 Å². The number of carbonyl (C=O) groups is 1. The van der Waals surface area contributed by atoms with Gasteiger partial charge in [-0.2, -0.15) is 0 Å². The van der Waals surface area contributed by atoms with Crippen LogP contribution in [0.4, 0.5) is 10.3 Å². The van der Waals surface area contributed by atoms with Crippen LogP contribution in [0, 0.1) is 5.82 Å². The summed E-state index contributed by atoms with van der Waals surface area (Å²) in [4.78, 5) is 27.3. The van der Waals surface area contributed by atoms with Gasteiger partial charge in [-0.15, -0.1) is 0 Å². The third kappa shape index (κ3) is 3.82. The second-order valence-electron chi connectivity index (χ2n) is 8.17. The number of H-pyrrole nitrogens is 1. The largest absolute Gasteiger partial charge is 0.368 e. The number of hydrogen-bond donors (Lipinski definition) is 2. The molecule has 3 N–H and O–H groups in total. The number of para-hydroxylation sites is 1. The molecular formula is C25H24FN5O. The standard InChI is InChI=1S/C25H24FN5O/c26-18-10-8-16(9-11-18)20-15-29-25(27)30-24(20)22-7-3-4-12-31(22)23(32)13-17-14-28-21-6-2-1-5-19(17)21/h1-2,5-6,8-11,14-15,22,28H,3-4,7,12-13H2,(H2,27,29,30)/t22-/m0/s1. The molecule has 1 aliphatic heterocycles. The van der Waals surface area contributed by atoms with E-state index in [2.05, 4.69) is 15.0 Å². The number of halogens is 1. The minimum Gasteiger partial charge on any atom is -0.368 e. The van der Waals surface area contributed by atoms with E-state index >= 15 is 0 Å². The second-order valence-corrected chi connectivity index (χ2v) is 8.17. The third-order valence-corrected chi connectivity index (χ3v) is 6.15. The smallest absolute Gasteiger partial charge is 0.227 e. The van der Waals surface area contributed by atoms with E-state index in [4.69, 9.17) is 5.73 Å². The first-order chi connectivity index (χ1) is 15.6. The minimum atomic E-state index is -0.306. The highest BCUT2D eigenvalue weighted by molar-refractivity contribution is 5.89. The normalized spacial score (nSPS) is 16.4. The summed E-state index contributed by atoms with van der Waals surface area (Å²) in [6.07, 6.45) is 6.63. The molecule has 0 unspecified atom stereocenters. The highest BCUT2D eigenvalue weighted by Gasteiger charge is 2.31. The fourth-order valence-corrected chi connectivity index (χ4v) is 4.57. The molecule has 5 rings (SSSR count). The molecule has 0 radical (unpaired) electrons. The zero-order valence-electron chi connectivity index (χ0n) is 17.6. The van der Waals surface area contributed by atoms with E-state index in [1.54, 1.807) is 18.3 Å². The van der Waals surface area contributed by atoms with E-state index < -0.39 is 0 Å². The van der Waals surface area contributed by atoms with Crippen molar-refractivity contribution in [3.05, 3.63) is 78.0 Å². The number of anilines is 1. The van der Waals surface area contributed by atoms with Crippen molar-refractivity contribution in [2.24, 2.45) is 0 Å². The Morgan fingerprint density at radius 3 is 2.81 bits per heavy atom. The summed E-state index contributed by atoms with van der Waals surface area (Å²) >= 11 is 0. The van der Waals surface area contributed by atoms with Gasteiger partial charge in [0, 0.05) is 35.4 Å². The first-order valence-corrected chi connectivity index (χ1v) is 10.8. The number of piperidine rings is 1. The van der Waals surface area contributed by atoms with Gasteiger partial charge in [-0.3, -0.25) is 4.79 Å². The summed E-state index contributed by atoms with van der Waals surface area (Å²) in [5.41, 5.74) is 10.2. The number of rotatable bonds is 4. The topological polar surface area (TPSA) is 87.9 Å². The van der Waals surface area contributed by atoms with Crippen molar-refractivity contribution in [2.45, 2.75) is 31.7 Å². The molecule has 1 aliphatic rings. The molecule has 4 aromatic rings. The minimum absolute atomic E-state index is 0.0571. The SMILES string of the molecule is Nc1ncc(-c2ccc(F)cc2)c([C@@H]2CCCCN2C(=O)Cc2c[nH]c3ccccc23)n1. The monoisotopic (exact) mass is 429 g/mol. The predicted octanol–water partition coefficient (Wildman–Crippen LogP) is 4.64. The summed E-state index contributed by atoms with van der Waals surface area (Å²) < 4.78 is 13.5. The molecule has 32 heavy (non-hydrogen) atoms. The van der Waals surface area contributed by atoms with Crippen LogP contribution >= 0.6 is 0 Å². The van der Waals surface area contributed by atoms with Gasteiger partial charge in [0.1, 0.15) is 5.82 Å². The summed E-state index contributed by atoms with van der Waals surface area (Å²) in [5, 5.41) is 1.06. The van der Waals surface area contributed by atoms with Gasteiger partial charge in [0.05, 0.1) is 18.2 Å². The van der Waals surface area contributed by atoms with Crippen LogP contribution in [0.3, 0.4) is 0 Å². The lowest BCUT2D eigenvalue weighted by Crippen LogP contribution is -2.40. The molecule has 2 aromatic heterocycles. The van der Waals surface area contributed by atoms with Gasteiger partial charge in [0.2, 0.25) is 11.9 Å². The Morgan fingerprint density at radius 2 is 1.97 bits per heavy atom. The molecule has 1 amide bonds. The highest BCUT2D eigenvalue weighted by atomic mass is 19.1. The first-order valence-electron chi connectivity index (χ1n) is 10.8. The number of carbonyl (C=O) groups excluding carboxylic acids is 1. The van der Waals surface area contributed by atoms with Crippen molar-refractivity contribution < 1.29 is 9.18 Å². The average Bonchev–Trinajstić information content (AvgIpc) is 3.22. The van der Waals surface area contributed by atoms with E-state index in [1.165, 1.54) is 12.1 Å². The van der Waals surface area contributed by atoms with E-state index in [0.29, 0.717) is 13.0 Å². The lowest BCUT2D eigenvalue weighted by Gasteiger charge is -2.36. The fourth-order valence-electron chi connectivity index (χ4n) is 4.57. The van der Waals surface area contributed by atoms with Gasteiger partial charge in [-0.1, -0.05) is 30.3 Å². The molecule has 3 heterocycles. The number of aromatic nitrogens is 3. The maximum Gasteiger partial charge on any atom is 0.227 e. The van der Waals surface area contributed by atoms with Crippen molar-refractivity contribution in [3.63, 3.8) is 0 Å². The number of nitrogens with two attached hydrogens (primary N) is 1. The Kier molecular flexibility index (Phi) is 5.31. The van der Waals surface area contributed by atoms with Gasteiger partial charge >= 0.3 is 0 Å². The van der Waals surface area contributed by atoms with E-state index in [1.807, 2.05) is 35.4 Å². The van der Waals surface area contributed by atoms with Gasteiger partial charge in [-0.05, 0) is 48.6 Å². The molecule has 0 aliphatic carbocycles. The zero-order chi connectivity index (χ0) is 22.1. The molecule has 6 nitrogen and oxygen atoms in total. The van der Waals surface area contributed by atoms with Gasteiger partial charge in [-0.25, -0.2) is 14.4 Å². The Labute approximate surface area is 185 Å². The van der Waals surface area contributed by atoms with Crippen LogP contribution in [0.2, 0.25) is 0 Å². The summed E-state index contributed by atoms with van der Waals surface area (Å²) in [7, 11) is 0. The zero-order valence-corrected chi connectivity index (χ0v) is 17.6. The second kappa shape index (κ2) is 8.42. The summed E-state index contributed by atoms with van der Waals surface area (Å²) in [6, 6.07) is 14.0. The molecule has 162 valence electrons. The highest BCUT2D eigenvalue weighted by Crippen LogP contribution is 2.36. The molecule has 1 saturated heterocycles. The van der Waals surface area contributed by atoms with Crippen molar-refractivity contribution in [1.29, 1.82) is 0 Å². The van der Waals surface area contributed by atoms with Gasteiger partial charge in [0.25, 0.3) is 0 Å². The number of aromatic amines is 1. The van der Waals surface area contributed by atoms with Crippen molar-refractivity contribution in [3.8, 4) is 11.1 Å². The predicted molar refractivity (Wildman–Crippen MR) is 122 cm³/mol. The lowest BCUT2D eigenvalue weighted by atomic mass is 9.93. The maximum atomic E-state index is 13.5. The van der Waals surface area contributed by atoms with E-state index in [0.717, 1.165) is 52.5 Å². The first kappa shape index (κ1) is 20.2. The number of hydrogen-bond acceptors (Lipinski definition) is 4. The van der Waals surface area contributed by atoms with Crippen molar-refractivity contribution in [2.75, 3.05) is 12.3 Å². The molecule has 7 heteroatoms. The Balaban J connectivity index is 1.49. The number of benzene rings is 2. The number of nitrogens with one attached hydrogen (secondary N) is 1. The average molecular weight is 429 g/mol. The van der Waals surface area contributed by atoms with Crippen LogP contribution in [0.5, 0.6) is 0 Å². The van der Waals surface area contributed by atoms with Crippen molar-refractivity contribution >= 4 is 22.8 Å². The van der Waals surface area contributed by atoms with Gasteiger partial charge in [0.15, 0.2) is 0 Å². The molecule has 0 bridgehead atoms. The van der Waals surface area contributed by atoms with Crippen LogP contribution in [0.1, 0.15) is 36.6 Å². The van der Waals surface area contributed by atoms with Crippen molar-refractivity contribution in [1.82, 2.24) is 19.9 Å². The number of fused-ring (bicyclic) bond motifs is 1. The summed E-state index contributed by atoms with van der Waals surface area (Å²) in [6.45, 7) is 0.665. The fraction of sp³-hybridized carbons (Fsp3) is 0.240. The van der Waals surface area contributed by atoms with Crippen LogP contribution in [0.15, 0.2) is 60.9 Å². The number of nitrogens with zero attached hydrogens (tertiary/aromatic N) is 3. The molecule has 0 saturated carbocycles. The quantitative estimate of drug-likeness (QED) is 0.495. The lowest BCUT2D eigenvalue weighted by molar-refractivity contribution is -0.134. The number of nitrogen functional groups attached to an aromatic ring is 1. The molecule has 0 spiro atoms. The Bertz CT molecular complexity index is 1270. The maximum absolute atomic E-state index is 13.5. The number of likely N-dealkylation sites (tertiary alicyclic amines) is 1. The molecule has 2 aromatic carbocycles. The molecule has 1 atom stereocenters. The van der Waals surface area contributed by atoms with E-state index in [-0.39, 0.29) is 23.7 Å². The van der Waals surface area contributed by atoms with Crippen LogP contribution in [0.25, 0.3) is 22.0 Å². The third-order valence-electron chi connectivity index (χ3n) is 6.15. The Morgan fingerprint density at radius 1 is 1.16 bits per heavy atom. The van der Waals surface area contributed by atoms with Gasteiger partial charge < -0.3 is 15.6 Å². The van der Waals surface area contributed by atoms with Crippen LogP contribution in [-0.2, 0) is 11.2 Å².